The smallest absolute Gasteiger partial charge is 0.325 e. The standard InChI is InChI=1S/C21H21N7O7S/c1-5-26(12-21(30)35-6-2)14-7-8-15(16(9-14)23-13(3)29)24-25-17-10-20(36-22-4)19(28(33)34)11-18(17)27(31)32/h7-11H,5-6,12H2,1-3H3,(H,23,29). The molecule has 2 aromatic rings. The van der Waals surface area contributed by atoms with E-state index in [1.807, 2.05) is 6.92 Å². The molecule has 0 saturated carbocycles. The Bertz CT molecular complexity index is 1260. The summed E-state index contributed by atoms with van der Waals surface area (Å²) in [6.45, 7) is 12.4. The van der Waals surface area contributed by atoms with Gasteiger partial charge < -0.3 is 15.0 Å². The molecule has 1 amide bonds. The fourth-order valence-electron chi connectivity index (χ4n) is 2.99. The maximum absolute atomic E-state index is 11.9. The summed E-state index contributed by atoms with van der Waals surface area (Å²) in [5.41, 5.74) is -0.674. The van der Waals surface area contributed by atoms with Gasteiger partial charge in [-0.2, -0.15) is 0 Å². The van der Waals surface area contributed by atoms with E-state index in [1.165, 1.54) is 13.0 Å². The Morgan fingerprint density at radius 2 is 1.78 bits per heavy atom. The Morgan fingerprint density at radius 1 is 1.11 bits per heavy atom. The van der Waals surface area contributed by atoms with E-state index < -0.39 is 33.1 Å². The van der Waals surface area contributed by atoms with E-state index in [1.54, 1.807) is 24.0 Å². The number of nitrogens with zero attached hydrogens (tertiary/aromatic N) is 6. The van der Waals surface area contributed by atoms with Crippen molar-refractivity contribution >= 4 is 57.9 Å². The van der Waals surface area contributed by atoms with E-state index in [4.69, 9.17) is 11.3 Å². The molecule has 0 aliphatic rings. The Kier molecular flexibility index (Phi) is 9.81. The van der Waals surface area contributed by atoms with E-state index in [0.717, 1.165) is 6.07 Å². The number of amides is 1. The lowest BCUT2D eigenvalue weighted by molar-refractivity contribution is -0.395. The largest absolute Gasteiger partial charge is 0.465 e. The molecule has 0 spiro atoms. The van der Waals surface area contributed by atoms with Crippen LogP contribution >= 0.6 is 11.9 Å². The van der Waals surface area contributed by atoms with Gasteiger partial charge in [-0.15, -0.1) is 10.2 Å². The summed E-state index contributed by atoms with van der Waals surface area (Å²) in [5, 5.41) is 33.2. The van der Waals surface area contributed by atoms with Gasteiger partial charge in [-0.25, -0.2) is 10.8 Å². The molecule has 15 heteroatoms. The second kappa shape index (κ2) is 12.8. The van der Waals surface area contributed by atoms with Crippen LogP contribution in [0.4, 0.5) is 34.1 Å². The number of anilines is 2. The molecule has 1 N–H and O–H groups in total. The van der Waals surface area contributed by atoms with Crippen molar-refractivity contribution in [1.82, 2.24) is 0 Å². The Balaban J connectivity index is 2.54. The molecule has 0 atom stereocenters. The maximum Gasteiger partial charge on any atom is 0.325 e. The number of likely N-dealkylation sites (N-methyl/N-ethyl adjacent to an activating group) is 1. The first-order chi connectivity index (χ1) is 17.1. The third-order valence-corrected chi connectivity index (χ3v) is 5.14. The number of nitro groups is 2. The molecule has 0 radical (unpaired) electrons. The number of hydrogen-bond acceptors (Lipinski definition) is 11. The highest BCUT2D eigenvalue weighted by Gasteiger charge is 2.27. The topological polar surface area (TPSA) is 174 Å². The van der Waals surface area contributed by atoms with Gasteiger partial charge in [0.2, 0.25) is 5.91 Å². The van der Waals surface area contributed by atoms with Gasteiger partial charge in [-0.1, -0.05) is 0 Å². The van der Waals surface area contributed by atoms with Gasteiger partial charge in [-0.05, 0) is 32.0 Å². The molecule has 0 aliphatic carbocycles. The average molecular weight is 516 g/mol. The van der Waals surface area contributed by atoms with Crippen LogP contribution in [0.2, 0.25) is 0 Å². The molecule has 0 aliphatic heterocycles. The molecule has 0 bridgehead atoms. The van der Waals surface area contributed by atoms with Crippen molar-refractivity contribution < 1.29 is 24.2 Å². The summed E-state index contributed by atoms with van der Waals surface area (Å²) < 4.78 is 8.01. The number of carbonyl (C=O) groups is 2. The van der Waals surface area contributed by atoms with E-state index in [-0.39, 0.29) is 35.1 Å². The number of esters is 1. The van der Waals surface area contributed by atoms with Crippen LogP contribution in [0.5, 0.6) is 0 Å². The molecule has 0 saturated heterocycles. The van der Waals surface area contributed by atoms with E-state index >= 15 is 0 Å². The van der Waals surface area contributed by atoms with Gasteiger partial charge in [0.05, 0.1) is 28.2 Å². The van der Waals surface area contributed by atoms with Gasteiger partial charge in [0.1, 0.15) is 12.2 Å². The minimum atomic E-state index is -0.847. The summed E-state index contributed by atoms with van der Waals surface area (Å²) in [5.74, 6) is -0.850. The second-order valence-corrected chi connectivity index (χ2v) is 7.71. The zero-order valence-corrected chi connectivity index (χ0v) is 20.3. The summed E-state index contributed by atoms with van der Waals surface area (Å²) in [6.07, 6.45) is 0. The second-order valence-electron chi connectivity index (χ2n) is 6.91. The molecule has 0 unspecified atom stereocenters. The highest BCUT2D eigenvalue weighted by Crippen LogP contribution is 2.41. The lowest BCUT2D eigenvalue weighted by atomic mass is 10.2. The molecule has 188 valence electrons. The summed E-state index contributed by atoms with van der Waals surface area (Å²) >= 11 is 0.439. The minimum Gasteiger partial charge on any atom is -0.465 e. The molecule has 14 nitrogen and oxygen atoms in total. The van der Waals surface area contributed by atoms with Crippen LogP contribution in [0.25, 0.3) is 4.25 Å². The van der Waals surface area contributed by atoms with Crippen LogP contribution < -0.4 is 10.2 Å². The van der Waals surface area contributed by atoms with Gasteiger partial charge in [-0.3, -0.25) is 29.8 Å². The predicted molar refractivity (Wildman–Crippen MR) is 132 cm³/mol. The van der Waals surface area contributed by atoms with E-state index in [2.05, 4.69) is 19.8 Å². The van der Waals surface area contributed by atoms with Gasteiger partial charge >= 0.3 is 23.6 Å². The lowest BCUT2D eigenvalue weighted by Gasteiger charge is -2.23. The van der Waals surface area contributed by atoms with Crippen molar-refractivity contribution in [1.29, 1.82) is 0 Å². The number of hydrogen-bond donors (Lipinski definition) is 1. The minimum absolute atomic E-state index is 0.0266. The fourth-order valence-corrected chi connectivity index (χ4v) is 3.48. The monoisotopic (exact) mass is 515 g/mol. The highest BCUT2D eigenvalue weighted by molar-refractivity contribution is 8.01. The van der Waals surface area contributed by atoms with Crippen LogP contribution in [0.15, 0.2) is 45.5 Å². The van der Waals surface area contributed by atoms with Crippen molar-refractivity contribution in [3.63, 3.8) is 0 Å². The summed E-state index contributed by atoms with van der Waals surface area (Å²) in [4.78, 5) is 46.3. The molecule has 2 rings (SSSR count). The molecule has 0 aromatic heterocycles. The number of rotatable bonds is 11. The molecular formula is C21H21N7O7S. The van der Waals surface area contributed by atoms with Gasteiger partial charge in [0.25, 0.3) is 5.69 Å². The highest BCUT2D eigenvalue weighted by atomic mass is 32.2. The van der Waals surface area contributed by atoms with Crippen LogP contribution in [0.1, 0.15) is 20.8 Å². The van der Waals surface area contributed by atoms with E-state index in [0.29, 0.717) is 30.2 Å². The Hall–Kier alpha value is -4.58. The molecule has 36 heavy (non-hydrogen) atoms. The van der Waals surface area contributed by atoms with Crippen molar-refractivity contribution in [3.05, 3.63) is 61.4 Å². The number of carbonyl (C=O) groups excluding carboxylic acids is 2. The molecule has 0 heterocycles. The number of nitro benzene ring substituents is 2. The first kappa shape index (κ1) is 27.7. The van der Waals surface area contributed by atoms with Crippen LogP contribution in [-0.2, 0) is 14.3 Å². The molecule has 0 fully saturated rings. The normalized spacial score (nSPS) is 10.5. The zero-order chi connectivity index (χ0) is 26.8. The number of benzene rings is 2. The fraction of sp³-hybridized carbons (Fsp3) is 0.286. The van der Waals surface area contributed by atoms with Crippen molar-refractivity contribution in [2.45, 2.75) is 25.7 Å². The SMILES string of the molecule is [C-]#[N+]Sc1cc(N=Nc2ccc(N(CC)CC(=O)OCC)cc2NC(C)=O)c([N+](=O)[O-])cc1[N+](=O)[O-]. The van der Waals surface area contributed by atoms with Crippen LogP contribution in [0.3, 0.4) is 0 Å². The quantitative estimate of drug-likeness (QED) is 0.105. The van der Waals surface area contributed by atoms with Crippen molar-refractivity contribution in [2.75, 3.05) is 29.9 Å². The van der Waals surface area contributed by atoms with Crippen LogP contribution in [0, 0.1) is 26.8 Å². The predicted octanol–water partition coefficient (Wildman–Crippen LogP) is 5.19. The zero-order valence-electron chi connectivity index (χ0n) is 19.5. The summed E-state index contributed by atoms with van der Waals surface area (Å²) in [6, 6.07) is 6.42. The first-order valence-electron chi connectivity index (χ1n) is 10.4. The maximum atomic E-state index is 11.9. The first-order valence-corrected chi connectivity index (χ1v) is 11.1. The number of nitrogens with one attached hydrogen (secondary N) is 1. The Labute approximate surface area is 209 Å². The van der Waals surface area contributed by atoms with Crippen molar-refractivity contribution in [2.24, 2.45) is 10.2 Å². The van der Waals surface area contributed by atoms with E-state index in [9.17, 15) is 29.8 Å². The molecule has 2 aromatic carbocycles. The van der Waals surface area contributed by atoms with Crippen molar-refractivity contribution in [3.8, 4) is 0 Å². The average Bonchev–Trinajstić information content (AvgIpc) is 2.81. The third-order valence-electron chi connectivity index (χ3n) is 4.52. The van der Waals surface area contributed by atoms with Gasteiger partial charge in [0, 0.05) is 25.2 Å². The lowest BCUT2D eigenvalue weighted by Crippen LogP contribution is -2.30. The third kappa shape index (κ3) is 7.21. The molecular weight excluding hydrogens is 494 g/mol. The number of azo groups is 1. The number of ether oxygens (including phenoxy) is 1. The summed E-state index contributed by atoms with van der Waals surface area (Å²) in [7, 11) is 0. The van der Waals surface area contributed by atoms with Crippen LogP contribution in [-0.4, -0.2) is 41.4 Å². The van der Waals surface area contributed by atoms with Gasteiger partial charge in [0.15, 0.2) is 10.6 Å². The Morgan fingerprint density at radius 3 is 2.33 bits per heavy atom.